The van der Waals surface area contributed by atoms with Crippen LogP contribution in [0.15, 0.2) is 29.3 Å². The first-order valence-electron chi connectivity index (χ1n) is 8.83. The van der Waals surface area contributed by atoms with E-state index >= 15 is 0 Å². The van der Waals surface area contributed by atoms with Crippen molar-refractivity contribution < 1.29 is 21.6 Å². The van der Waals surface area contributed by atoms with Gasteiger partial charge in [0.1, 0.15) is 0 Å². The Morgan fingerprint density at radius 2 is 2.00 bits per heavy atom. The van der Waals surface area contributed by atoms with Gasteiger partial charge >= 0.3 is 6.18 Å². The number of nitrogens with zero attached hydrogens (tertiary/aromatic N) is 2. The molecule has 11 heteroatoms. The van der Waals surface area contributed by atoms with E-state index in [1.807, 2.05) is 0 Å². The molecule has 0 spiro atoms. The molecule has 1 fully saturated rings. The molecule has 1 aromatic carbocycles. The number of halogens is 3. The molecule has 1 saturated heterocycles. The highest BCUT2D eigenvalue weighted by molar-refractivity contribution is 7.99. The molecule has 0 bridgehead atoms. The van der Waals surface area contributed by atoms with Crippen LogP contribution in [-0.2, 0) is 16.2 Å². The highest BCUT2D eigenvalue weighted by Crippen LogP contribution is 2.30. The van der Waals surface area contributed by atoms with Crippen molar-refractivity contribution in [3.05, 3.63) is 35.4 Å². The maximum atomic E-state index is 12.9. The summed E-state index contributed by atoms with van der Waals surface area (Å²) in [6.07, 6.45) is -4.41. The van der Waals surface area contributed by atoms with Crippen LogP contribution in [0.2, 0.25) is 0 Å². The first-order chi connectivity index (χ1) is 13.1. The number of rotatable bonds is 6. The summed E-state index contributed by atoms with van der Waals surface area (Å²) in [7, 11) is -1.82. The second kappa shape index (κ2) is 9.84. The topological polar surface area (TPSA) is 73.8 Å². The molecule has 158 valence electrons. The molecule has 2 rings (SSSR count). The van der Waals surface area contributed by atoms with Gasteiger partial charge in [-0.25, -0.2) is 12.7 Å². The Morgan fingerprint density at radius 1 is 1.32 bits per heavy atom. The summed E-state index contributed by atoms with van der Waals surface area (Å²) in [4.78, 5) is 4.02. The van der Waals surface area contributed by atoms with Gasteiger partial charge in [0.05, 0.1) is 17.4 Å². The third-order valence-electron chi connectivity index (χ3n) is 4.31. The van der Waals surface area contributed by atoms with Crippen LogP contribution in [-0.4, -0.2) is 62.6 Å². The molecule has 1 unspecified atom stereocenters. The van der Waals surface area contributed by atoms with E-state index in [1.54, 1.807) is 24.8 Å². The van der Waals surface area contributed by atoms with Crippen LogP contribution in [0.1, 0.15) is 24.1 Å². The van der Waals surface area contributed by atoms with Crippen LogP contribution in [0.25, 0.3) is 0 Å². The molecule has 2 N–H and O–H groups in total. The maximum absolute atomic E-state index is 12.9. The van der Waals surface area contributed by atoms with Crippen LogP contribution in [0, 0.1) is 0 Å². The summed E-state index contributed by atoms with van der Waals surface area (Å²) in [6, 6.07) is 4.62. The van der Waals surface area contributed by atoms with Crippen LogP contribution in [0.5, 0.6) is 0 Å². The SMILES string of the molecule is CN=C(NCCS(=O)(=O)N1CCSCC1)NC(C)c1cccc(C(F)(F)F)c1. The average Bonchev–Trinajstić information content (AvgIpc) is 2.67. The van der Waals surface area contributed by atoms with Crippen molar-refractivity contribution >= 4 is 27.7 Å². The number of thioether (sulfide) groups is 1. The third kappa shape index (κ3) is 6.56. The first kappa shape index (κ1) is 22.8. The largest absolute Gasteiger partial charge is 0.416 e. The van der Waals surface area contributed by atoms with Crippen molar-refractivity contribution in [2.45, 2.75) is 19.1 Å². The highest BCUT2D eigenvalue weighted by atomic mass is 32.2. The summed E-state index contributed by atoms with van der Waals surface area (Å²) < 4.78 is 64.8. The summed E-state index contributed by atoms with van der Waals surface area (Å²) in [5.41, 5.74) is -0.261. The first-order valence-corrected chi connectivity index (χ1v) is 11.6. The van der Waals surface area contributed by atoms with Gasteiger partial charge in [0.2, 0.25) is 10.0 Å². The van der Waals surface area contributed by atoms with Gasteiger partial charge in [-0.05, 0) is 24.6 Å². The van der Waals surface area contributed by atoms with Crippen LogP contribution in [0.3, 0.4) is 0 Å². The normalized spacial score (nSPS) is 18.0. The van der Waals surface area contributed by atoms with Gasteiger partial charge in [-0.15, -0.1) is 0 Å². The molecular weight excluding hydrogens is 413 g/mol. The van der Waals surface area contributed by atoms with Gasteiger partial charge in [0.15, 0.2) is 5.96 Å². The molecule has 1 aliphatic rings. The number of nitrogens with one attached hydrogen (secondary N) is 2. The van der Waals surface area contributed by atoms with Gasteiger partial charge in [0.25, 0.3) is 0 Å². The van der Waals surface area contributed by atoms with Crippen LogP contribution < -0.4 is 10.6 Å². The number of alkyl halides is 3. The average molecular weight is 439 g/mol. The molecule has 6 nitrogen and oxygen atoms in total. The molecule has 1 heterocycles. The molecule has 0 saturated carbocycles. The zero-order chi connectivity index (χ0) is 20.8. The minimum Gasteiger partial charge on any atom is -0.355 e. The summed E-state index contributed by atoms with van der Waals surface area (Å²) in [5, 5.41) is 5.90. The van der Waals surface area contributed by atoms with Crippen molar-refractivity contribution in [3.8, 4) is 0 Å². The van der Waals surface area contributed by atoms with E-state index in [4.69, 9.17) is 0 Å². The van der Waals surface area contributed by atoms with E-state index in [-0.39, 0.29) is 12.3 Å². The molecule has 1 aromatic rings. The number of hydrogen-bond donors (Lipinski definition) is 2. The van der Waals surface area contributed by atoms with E-state index in [9.17, 15) is 21.6 Å². The van der Waals surface area contributed by atoms with Crippen molar-refractivity contribution in [1.29, 1.82) is 0 Å². The molecule has 1 atom stereocenters. The van der Waals surface area contributed by atoms with Crippen LogP contribution >= 0.6 is 11.8 Å². The zero-order valence-electron chi connectivity index (χ0n) is 15.8. The fraction of sp³-hybridized carbons (Fsp3) is 0.588. The third-order valence-corrected chi connectivity index (χ3v) is 7.12. The summed E-state index contributed by atoms with van der Waals surface area (Å²) >= 11 is 1.73. The van der Waals surface area contributed by atoms with Gasteiger partial charge in [-0.3, -0.25) is 4.99 Å². The number of benzene rings is 1. The lowest BCUT2D eigenvalue weighted by Gasteiger charge is -2.26. The van der Waals surface area contributed by atoms with Crippen molar-refractivity contribution in [3.63, 3.8) is 0 Å². The minimum absolute atomic E-state index is 0.0731. The molecule has 0 amide bonds. The lowest BCUT2D eigenvalue weighted by atomic mass is 10.1. The van der Waals surface area contributed by atoms with Crippen LogP contribution in [0.4, 0.5) is 13.2 Å². The van der Waals surface area contributed by atoms with E-state index in [2.05, 4.69) is 15.6 Å². The van der Waals surface area contributed by atoms with E-state index in [1.165, 1.54) is 17.4 Å². The fourth-order valence-corrected chi connectivity index (χ4v) is 5.21. The van der Waals surface area contributed by atoms with E-state index in [0.29, 0.717) is 24.6 Å². The quantitative estimate of drug-likeness (QED) is 0.527. The van der Waals surface area contributed by atoms with Gasteiger partial charge < -0.3 is 10.6 Å². The Kier molecular flexibility index (Phi) is 8.02. The summed E-state index contributed by atoms with van der Waals surface area (Å²) in [6.45, 7) is 2.91. The Hall–Kier alpha value is -1.46. The Morgan fingerprint density at radius 3 is 2.61 bits per heavy atom. The smallest absolute Gasteiger partial charge is 0.355 e. The van der Waals surface area contributed by atoms with E-state index in [0.717, 1.165) is 23.6 Å². The lowest BCUT2D eigenvalue weighted by Crippen LogP contribution is -2.44. The number of sulfonamides is 1. The molecule has 0 aliphatic carbocycles. The number of aliphatic imine (C=N–C) groups is 1. The molecule has 1 aliphatic heterocycles. The lowest BCUT2D eigenvalue weighted by molar-refractivity contribution is -0.137. The second-order valence-corrected chi connectivity index (χ2v) is 9.63. The Bertz CT molecular complexity index is 779. The Balaban J connectivity index is 1.90. The summed E-state index contributed by atoms with van der Waals surface area (Å²) in [5.74, 6) is 1.85. The molecule has 28 heavy (non-hydrogen) atoms. The van der Waals surface area contributed by atoms with Gasteiger partial charge in [-0.2, -0.15) is 24.9 Å². The maximum Gasteiger partial charge on any atom is 0.416 e. The fourth-order valence-electron chi connectivity index (χ4n) is 2.72. The van der Waals surface area contributed by atoms with Gasteiger partial charge in [0, 0.05) is 38.2 Å². The molecule has 0 aromatic heterocycles. The van der Waals surface area contributed by atoms with Gasteiger partial charge in [-0.1, -0.05) is 12.1 Å². The van der Waals surface area contributed by atoms with E-state index < -0.39 is 27.8 Å². The van der Waals surface area contributed by atoms with Crippen molar-refractivity contribution in [1.82, 2.24) is 14.9 Å². The number of hydrogen-bond acceptors (Lipinski definition) is 4. The minimum atomic E-state index is -4.41. The predicted octanol–water partition coefficient (Wildman–Crippen LogP) is 2.31. The zero-order valence-corrected chi connectivity index (χ0v) is 17.4. The second-order valence-electron chi connectivity index (χ2n) is 6.32. The molecule has 0 radical (unpaired) electrons. The number of guanidine groups is 1. The molecular formula is C17H25F3N4O2S2. The van der Waals surface area contributed by atoms with Crippen molar-refractivity contribution in [2.75, 3.05) is 43.9 Å². The van der Waals surface area contributed by atoms with Crippen molar-refractivity contribution in [2.24, 2.45) is 4.99 Å². The highest BCUT2D eigenvalue weighted by Gasteiger charge is 2.30. The monoisotopic (exact) mass is 438 g/mol. The Labute approximate surface area is 168 Å². The standard InChI is InChI=1S/C17H25F3N4O2S2/c1-13(14-4-3-5-15(12-14)17(18,19)20)23-16(21-2)22-6-11-28(25,26)24-7-9-27-10-8-24/h3-5,12-13H,6-11H2,1-2H3,(H2,21,22,23). The predicted molar refractivity (Wildman–Crippen MR) is 107 cm³/mol.